The van der Waals surface area contributed by atoms with Crippen LogP contribution in [-0.4, -0.2) is 17.0 Å². The average Bonchev–Trinajstić information content (AvgIpc) is 2.47. The number of pyridine rings is 1. The summed E-state index contributed by atoms with van der Waals surface area (Å²) in [6.45, 7) is 4.04. The predicted molar refractivity (Wildman–Crippen MR) is 84.7 cm³/mol. The molecule has 0 saturated carbocycles. The molecule has 1 heterocycles. The quantitative estimate of drug-likeness (QED) is 0.834. The van der Waals surface area contributed by atoms with Crippen LogP contribution in [0.1, 0.15) is 18.2 Å². The SMILES string of the molecule is Cc1ccc(CNC(=O)C(C)Oc2ccccc2)c(=S)[nH]1. The number of carbonyl (C=O) groups is 1. The van der Waals surface area contributed by atoms with E-state index in [1.54, 1.807) is 6.92 Å². The highest BCUT2D eigenvalue weighted by atomic mass is 32.1. The maximum Gasteiger partial charge on any atom is 0.261 e. The second-order valence-corrected chi connectivity index (χ2v) is 5.19. The van der Waals surface area contributed by atoms with Crippen molar-refractivity contribution in [2.24, 2.45) is 0 Å². The first-order chi connectivity index (χ1) is 10.1. The first-order valence-electron chi connectivity index (χ1n) is 6.74. The Morgan fingerprint density at radius 2 is 2.00 bits per heavy atom. The van der Waals surface area contributed by atoms with E-state index in [0.717, 1.165) is 11.3 Å². The fraction of sp³-hybridized carbons (Fsp3) is 0.250. The third kappa shape index (κ3) is 4.43. The van der Waals surface area contributed by atoms with E-state index in [0.29, 0.717) is 16.9 Å². The zero-order chi connectivity index (χ0) is 15.2. The summed E-state index contributed by atoms with van der Waals surface area (Å²) in [6, 6.07) is 13.1. The van der Waals surface area contributed by atoms with Crippen molar-refractivity contribution >= 4 is 18.1 Å². The molecule has 1 aromatic carbocycles. The van der Waals surface area contributed by atoms with Crippen molar-refractivity contribution < 1.29 is 9.53 Å². The Hall–Kier alpha value is -2.14. The van der Waals surface area contributed by atoms with E-state index in [1.807, 2.05) is 49.4 Å². The zero-order valence-corrected chi connectivity index (χ0v) is 12.9. The Kier molecular flexibility index (Phi) is 5.11. The van der Waals surface area contributed by atoms with Gasteiger partial charge in [0.15, 0.2) is 6.10 Å². The summed E-state index contributed by atoms with van der Waals surface area (Å²) in [5.41, 5.74) is 1.88. The molecule has 0 spiro atoms. The Bertz CT molecular complexity index is 667. The monoisotopic (exact) mass is 302 g/mol. The van der Waals surface area contributed by atoms with Crippen LogP contribution in [-0.2, 0) is 11.3 Å². The van der Waals surface area contributed by atoms with E-state index in [4.69, 9.17) is 17.0 Å². The number of benzene rings is 1. The number of aromatic amines is 1. The lowest BCUT2D eigenvalue weighted by atomic mass is 10.2. The minimum Gasteiger partial charge on any atom is -0.481 e. The van der Waals surface area contributed by atoms with Crippen LogP contribution >= 0.6 is 12.2 Å². The molecule has 2 aromatic rings. The van der Waals surface area contributed by atoms with Gasteiger partial charge in [0.25, 0.3) is 5.91 Å². The highest BCUT2D eigenvalue weighted by Gasteiger charge is 2.14. The summed E-state index contributed by atoms with van der Waals surface area (Å²) in [6.07, 6.45) is -0.560. The van der Waals surface area contributed by atoms with Gasteiger partial charge in [-0.05, 0) is 32.0 Å². The molecule has 2 rings (SSSR count). The molecule has 0 aliphatic carbocycles. The Labute approximate surface area is 129 Å². The van der Waals surface area contributed by atoms with Crippen LogP contribution in [0.3, 0.4) is 0 Å². The number of rotatable bonds is 5. The maximum absolute atomic E-state index is 12.0. The number of nitrogens with one attached hydrogen (secondary N) is 2. The van der Waals surface area contributed by atoms with E-state index in [9.17, 15) is 4.79 Å². The minimum atomic E-state index is -0.560. The molecule has 0 fully saturated rings. The average molecular weight is 302 g/mol. The molecule has 5 heteroatoms. The standard InChI is InChI=1S/C16H18N2O2S/c1-11-8-9-13(16(21)18-11)10-17-15(19)12(2)20-14-6-4-3-5-7-14/h3-9,12H,10H2,1-2H3,(H,17,19)(H,18,21). The summed E-state index contributed by atoms with van der Waals surface area (Å²) < 4.78 is 6.21. The fourth-order valence-electron chi connectivity index (χ4n) is 1.82. The molecule has 0 aliphatic rings. The van der Waals surface area contributed by atoms with Gasteiger partial charge >= 0.3 is 0 Å². The summed E-state index contributed by atoms with van der Waals surface area (Å²) in [7, 11) is 0. The van der Waals surface area contributed by atoms with Crippen LogP contribution in [0.25, 0.3) is 0 Å². The van der Waals surface area contributed by atoms with Crippen molar-refractivity contribution in [2.75, 3.05) is 0 Å². The van der Waals surface area contributed by atoms with Gasteiger partial charge in [-0.15, -0.1) is 0 Å². The van der Waals surface area contributed by atoms with Crippen molar-refractivity contribution in [1.82, 2.24) is 10.3 Å². The molecule has 1 aromatic heterocycles. The Morgan fingerprint density at radius 1 is 1.29 bits per heavy atom. The molecule has 0 aliphatic heterocycles. The molecule has 21 heavy (non-hydrogen) atoms. The molecule has 110 valence electrons. The van der Waals surface area contributed by atoms with Gasteiger partial charge in [0.1, 0.15) is 10.4 Å². The van der Waals surface area contributed by atoms with Gasteiger partial charge in [-0.3, -0.25) is 4.79 Å². The molecule has 0 radical (unpaired) electrons. The number of hydrogen-bond donors (Lipinski definition) is 2. The van der Waals surface area contributed by atoms with Gasteiger partial charge in [0.05, 0.1) is 0 Å². The van der Waals surface area contributed by atoms with E-state index in [1.165, 1.54) is 0 Å². The van der Waals surface area contributed by atoms with Crippen LogP contribution in [0.5, 0.6) is 5.75 Å². The summed E-state index contributed by atoms with van der Waals surface area (Å²) >= 11 is 5.22. The number of H-pyrrole nitrogens is 1. The van der Waals surface area contributed by atoms with Crippen molar-refractivity contribution in [3.63, 3.8) is 0 Å². The highest BCUT2D eigenvalue weighted by Crippen LogP contribution is 2.11. The molecule has 2 N–H and O–H groups in total. The van der Waals surface area contributed by atoms with Crippen LogP contribution in [0, 0.1) is 11.6 Å². The number of hydrogen-bond acceptors (Lipinski definition) is 3. The first-order valence-corrected chi connectivity index (χ1v) is 7.15. The van der Waals surface area contributed by atoms with Gasteiger partial charge < -0.3 is 15.0 Å². The van der Waals surface area contributed by atoms with Crippen LogP contribution in [0.15, 0.2) is 42.5 Å². The van der Waals surface area contributed by atoms with E-state index >= 15 is 0 Å². The normalized spacial score (nSPS) is 11.7. The molecule has 0 bridgehead atoms. The molecule has 1 atom stereocenters. The van der Waals surface area contributed by atoms with Gasteiger partial charge in [0, 0.05) is 17.8 Å². The van der Waals surface area contributed by atoms with Crippen LogP contribution in [0.4, 0.5) is 0 Å². The largest absolute Gasteiger partial charge is 0.481 e. The fourth-order valence-corrected chi connectivity index (χ4v) is 2.13. The smallest absolute Gasteiger partial charge is 0.261 e. The van der Waals surface area contributed by atoms with E-state index in [-0.39, 0.29) is 5.91 Å². The molecule has 1 amide bonds. The summed E-state index contributed by atoms with van der Waals surface area (Å²) in [4.78, 5) is 15.1. The second kappa shape index (κ2) is 7.04. The summed E-state index contributed by atoms with van der Waals surface area (Å²) in [5, 5.41) is 2.83. The Balaban J connectivity index is 1.91. The van der Waals surface area contributed by atoms with Gasteiger partial charge in [-0.2, -0.15) is 0 Å². The number of para-hydroxylation sites is 1. The number of aromatic nitrogens is 1. The lowest BCUT2D eigenvalue weighted by Crippen LogP contribution is -2.36. The number of ether oxygens (including phenoxy) is 1. The predicted octanol–water partition coefficient (Wildman–Crippen LogP) is 3.14. The van der Waals surface area contributed by atoms with Crippen LogP contribution < -0.4 is 10.1 Å². The summed E-state index contributed by atoms with van der Waals surface area (Å²) in [5.74, 6) is 0.501. The van der Waals surface area contributed by atoms with E-state index < -0.39 is 6.10 Å². The number of carbonyl (C=O) groups excluding carboxylic acids is 1. The number of aryl methyl sites for hydroxylation is 1. The minimum absolute atomic E-state index is 0.172. The third-order valence-electron chi connectivity index (χ3n) is 3.02. The second-order valence-electron chi connectivity index (χ2n) is 4.79. The first kappa shape index (κ1) is 15.3. The van der Waals surface area contributed by atoms with Gasteiger partial charge in [0.2, 0.25) is 0 Å². The molecule has 0 saturated heterocycles. The molecular weight excluding hydrogens is 284 g/mol. The van der Waals surface area contributed by atoms with Crippen molar-refractivity contribution in [3.8, 4) is 5.75 Å². The van der Waals surface area contributed by atoms with Gasteiger partial charge in [-0.25, -0.2) is 0 Å². The maximum atomic E-state index is 12.0. The van der Waals surface area contributed by atoms with Crippen molar-refractivity contribution in [2.45, 2.75) is 26.5 Å². The van der Waals surface area contributed by atoms with E-state index in [2.05, 4.69) is 10.3 Å². The van der Waals surface area contributed by atoms with Crippen molar-refractivity contribution in [1.29, 1.82) is 0 Å². The lowest BCUT2D eigenvalue weighted by molar-refractivity contribution is -0.127. The lowest BCUT2D eigenvalue weighted by Gasteiger charge is -2.14. The Morgan fingerprint density at radius 3 is 2.67 bits per heavy atom. The topological polar surface area (TPSA) is 54.1 Å². The number of amides is 1. The highest BCUT2D eigenvalue weighted by molar-refractivity contribution is 7.71. The van der Waals surface area contributed by atoms with Gasteiger partial charge in [-0.1, -0.05) is 36.5 Å². The molecule has 1 unspecified atom stereocenters. The van der Waals surface area contributed by atoms with Crippen LogP contribution in [0.2, 0.25) is 0 Å². The molecular formula is C16H18N2O2S. The zero-order valence-electron chi connectivity index (χ0n) is 12.1. The van der Waals surface area contributed by atoms with Crippen molar-refractivity contribution in [3.05, 3.63) is 58.4 Å². The third-order valence-corrected chi connectivity index (χ3v) is 3.38. The molecule has 4 nitrogen and oxygen atoms in total.